The lowest BCUT2D eigenvalue weighted by atomic mass is 10.2. The number of methoxy groups -OCH3 is 1. The molecule has 1 aromatic carbocycles. The smallest absolute Gasteiger partial charge is 0.128 e. The van der Waals surface area contributed by atoms with Crippen molar-refractivity contribution in [2.75, 3.05) is 13.7 Å². The van der Waals surface area contributed by atoms with Crippen LogP contribution in [-0.4, -0.2) is 18.8 Å². The molecule has 0 aliphatic rings. The molecule has 14 heavy (non-hydrogen) atoms. The summed E-state index contributed by atoms with van der Waals surface area (Å²) in [6, 6.07) is 5.44. The number of benzene rings is 1. The molecule has 78 valence electrons. The van der Waals surface area contributed by atoms with Crippen molar-refractivity contribution < 1.29 is 14.6 Å². The second-order valence-corrected chi connectivity index (χ2v) is 2.98. The summed E-state index contributed by atoms with van der Waals surface area (Å²) in [4.78, 5) is 0. The Bertz CT molecular complexity index is 284. The van der Waals surface area contributed by atoms with Crippen molar-refractivity contribution in [1.29, 1.82) is 0 Å². The van der Waals surface area contributed by atoms with Gasteiger partial charge in [-0.05, 0) is 18.6 Å². The third kappa shape index (κ3) is 2.64. The van der Waals surface area contributed by atoms with Crippen molar-refractivity contribution in [2.24, 2.45) is 0 Å². The highest BCUT2D eigenvalue weighted by atomic mass is 16.5. The molecule has 3 heteroatoms. The van der Waals surface area contributed by atoms with Crippen molar-refractivity contribution in [2.45, 2.75) is 20.0 Å². The van der Waals surface area contributed by atoms with Gasteiger partial charge in [-0.2, -0.15) is 0 Å². The van der Waals surface area contributed by atoms with E-state index < -0.39 is 0 Å². The van der Waals surface area contributed by atoms with Crippen LogP contribution in [0.3, 0.4) is 0 Å². The van der Waals surface area contributed by atoms with Gasteiger partial charge in [0.1, 0.15) is 11.5 Å². The summed E-state index contributed by atoms with van der Waals surface area (Å²) in [6.07, 6.45) is 0.976. The van der Waals surface area contributed by atoms with Crippen LogP contribution < -0.4 is 9.47 Å². The van der Waals surface area contributed by atoms with Crippen LogP contribution in [0.15, 0.2) is 18.2 Å². The first-order chi connectivity index (χ1) is 6.81. The first-order valence-corrected chi connectivity index (χ1v) is 4.72. The minimum Gasteiger partial charge on any atom is -0.496 e. The van der Waals surface area contributed by atoms with Gasteiger partial charge in [-0.3, -0.25) is 0 Å². The number of rotatable bonds is 5. The van der Waals surface area contributed by atoms with Gasteiger partial charge in [0.15, 0.2) is 0 Å². The number of hydrogen-bond donors (Lipinski definition) is 1. The molecule has 0 fully saturated rings. The third-order valence-electron chi connectivity index (χ3n) is 1.90. The van der Waals surface area contributed by atoms with Crippen molar-refractivity contribution in [3.63, 3.8) is 0 Å². The highest BCUT2D eigenvalue weighted by Crippen LogP contribution is 2.24. The molecule has 0 aliphatic carbocycles. The van der Waals surface area contributed by atoms with Crippen molar-refractivity contribution in [3.8, 4) is 11.5 Å². The predicted octanol–water partition coefficient (Wildman–Crippen LogP) is 1.98. The Morgan fingerprint density at radius 1 is 1.36 bits per heavy atom. The first kappa shape index (κ1) is 10.9. The molecule has 0 atom stereocenters. The Balaban J connectivity index is 2.79. The van der Waals surface area contributed by atoms with E-state index in [2.05, 4.69) is 6.92 Å². The summed E-state index contributed by atoms with van der Waals surface area (Å²) in [5, 5.41) is 9.00. The second kappa shape index (κ2) is 5.50. The summed E-state index contributed by atoms with van der Waals surface area (Å²) in [5.74, 6) is 1.45. The van der Waals surface area contributed by atoms with Gasteiger partial charge >= 0.3 is 0 Å². The molecule has 0 aliphatic heterocycles. The van der Waals surface area contributed by atoms with Crippen LogP contribution in [0.1, 0.15) is 18.9 Å². The molecule has 0 spiro atoms. The summed E-state index contributed by atoms with van der Waals surface area (Å²) in [6.45, 7) is 2.73. The van der Waals surface area contributed by atoms with Crippen molar-refractivity contribution >= 4 is 0 Å². The monoisotopic (exact) mass is 196 g/mol. The molecule has 0 heterocycles. The van der Waals surface area contributed by atoms with Crippen LogP contribution in [-0.2, 0) is 6.61 Å². The van der Waals surface area contributed by atoms with Gasteiger partial charge in [0.25, 0.3) is 0 Å². The van der Waals surface area contributed by atoms with Crippen LogP contribution in [0.4, 0.5) is 0 Å². The van der Waals surface area contributed by atoms with Gasteiger partial charge in [0.2, 0.25) is 0 Å². The molecule has 3 nitrogen and oxygen atoms in total. The highest BCUT2D eigenvalue weighted by Gasteiger charge is 2.03. The van der Waals surface area contributed by atoms with E-state index in [1.54, 1.807) is 13.2 Å². The molecule has 0 amide bonds. The van der Waals surface area contributed by atoms with E-state index in [1.165, 1.54) is 0 Å². The average Bonchev–Trinajstić information content (AvgIpc) is 2.25. The number of hydrogen-bond acceptors (Lipinski definition) is 3. The third-order valence-corrected chi connectivity index (χ3v) is 1.90. The minimum atomic E-state index is -0.0166. The van der Waals surface area contributed by atoms with Gasteiger partial charge < -0.3 is 14.6 Å². The molecule has 0 saturated heterocycles. The maximum atomic E-state index is 9.00. The minimum absolute atomic E-state index is 0.0166. The Kier molecular flexibility index (Phi) is 4.26. The van der Waals surface area contributed by atoms with Crippen LogP contribution in [0.2, 0.25) is 0 Å². The molecule has 0 saturated carbocycles. The molecule has 0 aromatic heterocycles. The fraction of sp³-hybridized carbons (Fsp3) is 0.455. The summed E-state index contributed by atoms with van der Waals surface area (Å²) >= 11 is 0. The van der Waals surface area contributed by atoms with E-state index in [1.807, 2.05) is 12.1 Å². The van der Waals surface area contributed by atoms with E-state index >= 15 is 0 Å². The maximum absolute atomic E-state index is 9.00. The predicted molar refractivity (Wildman–Crippen MR) is 54.7 cm³/mol. The van der Waals surface area contributed by atoms with Crippen LogP contribution in [0.25, 0.3) is 0 Å². The fourth-order valence-electron chi connectivity index (χ4n) is 1.17. The molecular weight excluding hydrogens is 180 g/mol. The highest BCUT2D eigenvalue weighted by molar-refractivity contribution is 5.40. The SMILES string of the molecule is CCCOc1ccc(CO)c(OC)c1. The molecule has 0 radical (unpaired) electrons. The molecule has 1 aromatic rings. The fourth-order valence-corrected chi connectivity index (χ4v) is 1.17. The molecule has 0 bridgehead atoms. The molecule has 1 N–H and O–H groups in total. The van der Waals surface area contributed by atoms with E-state index in [9.17, 15) is 0 Å². The van der Waals surface area contributed by atoms with Crippen molar-refractivity contribution in [1.82, 2.24) is 0 Å². The van der Waals surface area contributed by atoms with Crippen molar-refractivity contribution in [3.05, 3.63) is 23.8 Å². The number of aliphatic hydroxyl groups is 1. The Labute approximate surface area is 84.3 Å². The average molecular weight is 196 g/mol. The van der Waals surface area contributed by atoms with Gasteiger partial charge in [-0.1, -0.05) is 6.92 Å². The van der Waals surface area contributed by atoms with E-state index in [0.717, 1.165) is 17.7 Å². The zero-order chi connectivity index (χ0) is 10.4. The van der Waals surface area contributed by atoms with Gasteiger partial charge in [-0.15, -0.1) is 0 Å². The lowest BCUT2D eigenvalue weighted by Gasteiger charge is -2.09. The van der Waals surface area contributed by atoms with Gasteiger partial charge in [0.05, 0.1) is 20.3 Å². The van der Waals surface area contributed by atoms with E-state index in [4.69, 9.17) is 14.6 Å². The van der Waals surface area contributed by atoms with E-state index in [-0.39, 0.29) is 6.61 Å². The largest absolute Gasteiger partial charge is 0.496 e. The summed E-state index contributed by atoms with van der Waals surface area (Å²) in [7, 11) is 1.58. The molecule has 1 rings (SSSR count). The standard InChI is InChI=1S/C11H16O3/c1-3-6-14-10-5-4-9(8-12)11(7-10)13-2/h4-5,7,12H,3,6,8H2,1-2H3. The summed E-state index contributed by atoms with van der Waals surface area (Å²) < 4.78 is 10.6. The quantitative estimate of drug-likeness (QED) is 0.782. The first-order valence-electron chi connectivity index (χ1n) is 4.72. The molecule has 0 unspecified atom stereocenters. The van der Waals surface area contributed by atoms with Crippen LogP contribution in [0.5, 0.6) is 11.5 Å². The normalized spacial score (nSPS) is 9.93. The maximum Gasteiger partial charge on any atom is 0.128 e. The van der Waals surface area contributed by atoms with Gasteiger partial charge in [0, 0.05) is 11.6 Å². The van der Waals surface area contributed by atoms with Crippen LogP contribution >= 0.6 is 0 Å². The Morgan fingerprint density at radius 2 is 2.14 bits per heavy atom. The van der Waals surface area contributed by atoms with Crippen LogP contribution in [0, 0.1) is 0 Å². The zero-order valence-electron chi connectivity index (χ0n) is 8.62. The topological polar surface area (TPSA) is 38.7 Å². The molecular formula is C11H16O3. The van der Waals surface area contributed by atoms with Gasteiger partial charge in [-0.25, -0.2) is 0 Å². The lowest BCUT2D eigenvalue weighted by Crippen LogP contribution is -1.97. The van der Waals surface area contributed by atoms with E-state index in [0.29, 0.717) is 12.4 Å². The lowest BCUT2D eigenvalue weighted by molar-refractivity contribution is 0.272. The Hall–Kier alpha value is -1.22. The Morgan fingerprint density at radius 3 is 2.71 bits per heavy atom. The second-order valence-electron chi connectivity index (χ2n) is 2.98. The number of aliphatic hydroxyl groups excluding tert-OH is 1. The zero-order valence-corrected chi connectivity index (χ0v) is 8.62. The number of ether oxygens (including phenoxy) is 2. The summed E-state index contributed by atoms with van der Waals surface area (Å²) in [5.41, 5.74) is 0.774.